The van der Waals surface area contributed by atoms with Gasteiger partial charge in [-0.1, -0.05) is 6.42 Å². The van der Waals surface area contributed by atoms with E-state index in [2.05, 4.69) is 0 Å². The van der Waals surface area contributed by atoms with E-state index in [9.17, 15) is 8.42 Å². The van der Waals surface area contributed by atoms with Crippen LogP contribution >= 0.6 is 0 Å². The highest BCUT2D eigenvalue weighted by Crippen LogP contribution is 2.28. The first-order valence-electron chi connectivity index (χ1n) is 5.71. The zero-order valence-corrected chi connectivity index (χ0v) is 10.9. The molecule has 1 heterocycles. The first-order valence-corrected chi connectivity index (χ1v) is 7.15. The van der Waals surface area contributed by atoms with Crippen LogP contribution in [0.5, 0.6) is 0 Å². The fourth-order valence-electron chi connectivity index (χ4n) is 1.99. The number of aromatic nitrogens is 1. The highest BCUT2D eigenvalue weighted by atomic mass is 32.2. The Morgan fingerprint density at radius 1 is 1.53 bits per heavy atom. The minimum absolute atomic E-state index is 0.137. The molecule has 2 rings (SSSR count). The van der Waals surface area contributed by atoms with Crippen LogP contribution in [0.25, 0.3) is 0 Å². The fourth-order valence-corrected chi connectivity index (χ4v) is 3.50. The number of aliphatic hydroxyl groups excluding tert-OH is 1. The van der Waals surface area contributed by atoms with Gasteiger partial charge in [0.1, 0.15) is 4.90 Å². The van der Waals surface area contributed by atoms with Crippen LogP contribution in [0.1, 0.15) is 25.0 Å². The number of rotatable bonds is 4. The van der Waals surface area contributed by atoms with E-state index in [1.165, 1.54) is 10.4 Å². The summed E-state index contributed by atoms with van der Waals surface area (Å²) in [6, 6.07) is 1.67. The largest absolute Gasteiger partial charge is 0.390 e. The monoisotopic (exact) mass is 258 g/mol. The summed E-state index contributed by atoms with van der Waals surface area (Å²) in [7, 11) is -0.0496. The molecule has 1 N–H and O–H groups in total. The molecule has 1 saturated carbocycles. The standard InChI is InChI=1S/C11H18N2O3S/c1-12-7-11(6-10(12)8-14)17(15,16)13(2)9-4-3-5-9/h6-7,9,14H,3-5,8H2,1-2H3. The first-order chi connectivity index (χ1) is 7.96. The minimum Gasteiger partial charge on any atom is -0.390 e. The van der Waals surface area contributed by atoms with Gasteiger partial charge in [-0.15, -0.1) is 0 Å². The minimum atomic E-state index is -3.41. The van der Waals surface area contributed by atoms with Crippen LogP contribution in [-0.4, -0.2) is 35.5 Å². The van der Waals surface area contributed by atoms with Gasteiger partial charge >= 0.3 is 0 Å². The van der Waals surface area contributed by atoms with Crippen molar-refractivity contribution in [2.45, 2.75) is 36.8 Å². The number of hydrogen-bond donors (Lipinski definition) is 1. The van der Waals surface area contributed by atoms with Crippen molar-refractivity contribution in [3.05, 3.63) is 18.0 Å². The Balaban J connectivity index is 2.30. The van der Waals surface area contributed by atoms with Crippen molar-refractivity contribution >= 4 is 10.0 Å². The molecule has 1 aromatic rings. The average Bonchev–Trinajstić information content (AvgIpc) is 2.57. The number of hydrogen-bond acceptors (Lipinski definition) is 3. The van der Waals surface area contributed by atoms with E-state index in [-0.39, 0.29) is 17.5 Å². The summed E-state index contributed by atoms with van der Waals surface area (Å²) in [6.45, 7) is -0.154. The van der Waals surface area contributed by atoms with Gasteiger partial charge in [0.15, 0.2) is 0 Å². The summed E-state index contributed by atoms with van der Waals surface area (Å²) >= 11 is 0. The Labute approximate surface area is 102 Å². The molecular weight excluding hydrogens is 240 g/mol. The molecule has 0 bridgehead atoms. The molecule has 17 heavy (non-hydrogen) atoms. The molecule has 1 aromatic heterocycles. The highest BCUT2D eigenvalue weighted by Gasteiger charge is 2.32. The zero-order chi connectivity index (χ0) is 12.6. The number of aliphatic hydroxyl groups is 1. The second-order valence-electron chi connectivity index (χ2n) is 4.54. The fraction of sp³-hybridized carbons (Fsp3) is 0.636. The Morgan fingerprint density at radius 3 is 2.59 bits per heavy atom. The lowest BCUT2D eigenvalue weighted by molar-refractivity contribution is 0.249. The molecule has 1 fully saturated rings. The summed E-state index contributed by atoms with van der Waals surface area (Å²) in [6.07, 6.45) is 4.53. The third-order valence-corrected chi connectivity index (χ3v) is 5.39. The molecule has 0 aliphatic heterocycles. The van der Waals surface area contributed by atoms with Crippen molar-refractivity contribution in [1.29, 1.82) is 0 Å². The Bertz CT molecular complexity index is 503. The van der Waals surface area contributed by atoms with E-state index in [4.69, 9.17) is 5.11 Å². The summed E-state index contributed by atoms with van der Waals surface area (Å²) in [4.78, 5) is 0.262. The van der Waals surface area contributed by atoms with Gasteiger partial charge in [-0.25, -0.2) is 8.42 Å². The van der Waals surface area contributed by atoms with E-state index in [1.54, 1.807) is 24.9 Å². The first kappa shape index (κ1) is 12.6. The summed E-state index contributed by atoms with van der Waals surface area (Å²) in [5.41, 5.74) is 0.602. The van der Waals surface area contributed by atoms with Gasteiger partial charge in [0.2, 0.25) is 10.0 Å². The molecule has 96 valence electrons. The lowest BCUT2D eigenvalue weighted by Crippen LogP contribution is -2.41. The summed E-state index contributed by atoms with van der Waals surface area (Å²) in [5.74, 6) is 0. The SMILES string of the molecule is CN(C1CCC1)S(=O)(=O)c1cc(CO)n(C)c1. The molecule has 0 radical (unpaired) electrons. The maximum absolute atomic E-state index is 12.3. The Kier molecular flexibility index (Phi) is 3.29. The predicted molar refractivity (Wildman–Crippen MR) is 63.9 cm³/mol. The van der Waals surface area contributed by atoms with Crippen LogP contribution in [-0.2, 0) is 23.7 Å². The molecule has 0 aromatic carbocycles. The van der Waals surface area contributed by atoms with Crippen molar-refractivity contribution in [3.8, 4) is 0 Å². The van der Waals surface area contributed by atoms with Crippen molar-refractivity contribution in [1.82, 2.24) is 8.87 Å². The molecular formula is C11H18N2O3S. The maximum Gasteiger partial charge on any atom is 0.244 e. The van der Waals surface area contributed by atoms with Crippen LogP contribution in [0.4, 0.5) is 0 Å². The highest BCUT2D eigenvalue weighted by molar-refractivity contribution is 7.89. The summed E-state index contributed by atoms with van der Waals surface area (Å²) < 4.78 is 27.6. The Hall–Kier alpha value is -0.850. The van der Waals surface area contributed by atoms with Gasteiger partial charge in [-0.3, -0.25) is 0 Å². The van der Waals surface area contributed by atoms with Gasteiger partial charge in [-0.2, -0.15) is 4.31 Å². The molecule has 6 heteroatoms. The average molecular weight is 258 g/mol. The van der Waals surface area contributed by atoms with E-state index < -0.39 is 10.0 Å². The molecule has 0 amide bonds. The van der Waals surface area contributed by atoms with Crippen LogP contribution in [0.15, 0.2) is 17.2 Å². The maximum atomic E-state index is 12.3. The van der Waals surface area contributed by atoms with E-state index in [0.717, 1.165) is 19.3 Å². The predicted octanol–water partition coefficient (Wildman–Crippen LogP) is 0.690. The van der Waals surface area contributed by atoms with E-state index in [1.807, 2.05) is 0 Å². The molecule has 1 aliphatic carbocycles. The van der Waals surface area contributed by atoms with Gasteiger partial charge < -0.3 is 9.67 Å². The van der Waals surface area contributed by atoms with Gasteiger partial charge in [0.25, 0.3) is 0 Å². The van der Waals surface area contributed by atoms with E-state index >= 15 is 0 Å². The molecule has 0 unspecified atom stereocenters. The Morgan fingerprint density at radius 2 is 2.18 bits per heavy atom. The van der Waals surface area contributed by atoms with Crippen LogP contribution in [0.2, 0.25) is 0 Å². The normalized spacial score (nSPS) is 17.4. The number of aryl methyl sites for hydroxylation is 1. The topological polar surface area (TPSA) is 62.5 Å². The van der Waals surface area contributed by atoms with Crippen molar-refractivity contribution in [2.75, 3.05) is 7.05 Å². The van der Waals surface area contributed by atoms with E-state index in [0.29, 0.717) is 5.69 Å². The quantitative estimate of drug-likeness (QED) is 0.864. The van der Waals surface area contributed by atoms with Gasteiger partial charge in [-0.05, 0) is 18.9 Å². The molecule has 0 spiro atoms. The molecule has 0 saturated heterocycles. The smallest absolute Gasteiger partial charge is 0.244 e. The lowest BCUT2D eigenvalue weighted by Gasteiger charge is -2.33. The third kappa shape index (κ3) is 2.12. The number of nitrogens with zero attached hydrogens (tertiary/aromatic N) is 2. The number of sulfonamides is 1. The lowest BCUT2D eigenvalue weighted by atomic mass is 9.94. The van der Waals surface area contributed by atoms with Crippen LogP contribution < -0.4 is 0 Å². The third-order valence-electron chi connectivity index (χ3n) is 3.51. The second kappa shape index (κ2) is 4.44. The van der Waals surface area contributed by atoms with Crippen molar-refractivity contribution in [2.24, 2.45) is 7.05 Å². The molecule has 5 nitrogen and oxygen atoms in total. The van der Waals surface area contributed by atoms with Crippen molar-refractivity contribution < 1.29 is 13.5 Å². The van der Waals surface area contributed by atoms with Crippen LogP contribution in [0.3, 0.4) is 0 Å². The second-order valence-corrected chi connectivity index (χ2v) is 6.54. The zero-order valence-electron chi connectivity index (χ0n) is 10.1. The van der Waals surface area contributed by atoms with Gasteiger partial charge in [0, 0.05) is 32.0 Å². The molecule has 1 aliphatic rings. The summed E-state index contributed by atoms with van der Waals surface area (Å²) in [5, 5.41) is 9.07. The van der Waals surface area contributed by atoms with Crippen LogP contribution in [0, 0.1) is 0 Å². The van der Waals surface area contributed by atoms with Gasteiger partial charge in [0.05, 0.1) is 6.61 Å². The molecule has 0 atom stereocenters. The van der Waals surface area contributed by atoms with Crippen molar-refractivity contribution in [3.63, 3.8) is 0 Å².